The number of hydrogen-bond donors (Lipinski definition) is 0. The highest BCUT2D eigenvalue weighted by atomic mass is 16.5. The van der Waals surface area contributed by atoms with Crippen LogP contribution in [0.3, 0.4) is 0 Å². The lowest BCUT2D eigenvalue weighted by molar-refractivity contribution is 0.0511. The molecule has 50 heavy (non-hydrogen) atoms. The summed E-state index contributed by atoms with van der Waals surface area (Å²) in [6.07, 6.45) is 2.91. The number of ether oxygens (including phenoxy) is 4. The van der Waals surface area contributed by atoms with Crippen LogP contribution in [0.5, 0.6) is 0 Å². The number of hydrogen-bond acceptors (Lipinski definition) is 8. The van der Waals surface area contributed by atoms with E-state index in [1.54, 1.807) is 39.8 Å². The topological polar surface area (TPSA) is 105 Å². The fourth-order valence-electron chi connectivity index (χ4n) is 6.15. The van der Waals surface area contributed by atoms with Gasteiger partial charge < -0.3 is 18.9 Å². The molecule has 0 aliphatic heterocycles. The molecule has 0 heterocycles. The van der Waals surface area contributed by atoms with Crippen LogP contribution in [0.2, 0.25) is 0 Å². The van der Waals surface area contributed by atoms with Crippen molar-refractivity contribution in [3.8, 4) is 44.5 Å². The number of rotatable bonds is 13. The summed E-state index contributed by atoms with van der Waals surface area (Å²) >= 11 is 0. The second-order valence-electron chi connectivity index (χ2n) is 11.7. The Balaban J connectivity index is 1.66. The average Bonchev–Trinajstić information content (AvgIpc) is 3.47. The Morgan fingerprint density at radius 1 is 0.420 bits per heavy atom. The molecule has 0 saturated carbocycles. The lowest BCUT2D eigenvalue weighted by Crippen LogP contribution is -2.05. The zero-order valence-corrected chi connectivity index (χ0v) is 29.2. The molecular formula is C42H42O8. The molecule has 0 N–H and O–H groups in total. The number of carbonyl (C=O) groups is 4. The summed E-state index contributed by atoms with van der Waals surface area (Å²) in [6, 6.07) is 24.7. The number of benzene rings is 1. The van der Waals surface area contributed by atoms with Crippen molar-refractivity contribution in [3.63, 3.8) is 0 Å². The van der Waals surface area contributed by atoms with Gasteiger partial charge in [0.2, 0.25) is 0 Å². The highest BCUT2D eigenvalue weighted by Crippen LogP contribution is 2.38. The molecule has 8 heteroatoms. The molecule has 0 saturated heterocycles. The first-order valence-electron chi connectivity index (χ1n) is 17.2. The van der Waals surface area contributed by atoms with Crippen LogP contribution in [0.15, 0.2) is 78.9 Å². The standard InChI is InChI=1S/C42H42O8/c1-6-11-12-26-21-29(27-13-17-31-32(18-14-27)36(40(44)48-8-3)24-35(31)39(43)47-7-2)23-30(22-26)28-15-19-33-34(20-16-28)38(42(46)50-10-5)25-37(33)41(45)49-9-4/h13-25H,6-12H2,1-5H3. The molecule has 5 rings (SSSR count). The number of aryl methyl sites for hydroxylation is 1. The van der Waals surface area contributed by atoms with E-state index in [4.69, 9.17) is 18.9 Å². The van der Waals surface area contributed by atoms with Crippen molar-refractivity contribution < 1.29 is 38.1 Å². The minimum Gasteiger partial charge on any atom is -0.462 e. The van der Waals surface area contributed by atoms with E-state index in [1.165, 1.54) is 0 Å². The Kier molecular flexibility index (Phi) is 11.6. The summed E-state index contributed by atoms with van der Waals surface area (Å²) in [5.41, 5.74) is 8.47. The molecule has 1 aromatic carbocycles. The van der Waals surface area contributed by atoms with Crippen LogP contribution < -0.4 is 0 Å². The fourth-order valence-corrected chi connectivity index (χ4v) is 6.15. The Labute approximate surface area is 293 Å². The van der Waals surface area contributed by atoms with Gasteiger partial charge in [-0.25, -0.2) is 19.2 Å². The molecule has 258 valence electrons. The third-order valence-corrected chi connectivity index (χ3v) is 8.50. The predicted molar refractivity (Wildman–Crippen MR) is 193 cm³/mol. The smallest absolute Gasteiger partial charge is 0.338 e. The van der Waals surface area contributed by atoms with E-state index in [2.05, 4.69) is 25.1 Å². The summed E-state index contributed by atoms with van der Waals surface area (Å²) in [5.74, 6) is -2.01. The van der Waals surface area contributed by atoms with Crippen molar-refractivity contribution in [2.24, 2.45) is 0 Å². The van der Waals surface area contributed by atoms with Gasteiger partial charge in [0, 0.05) is 0 Å². The second-order valence-corrected chi connectivity index (χ2v) is 11.7. The maximum Gasteiger partial charge on any atom is 0.338 e. The average molecular weight is 675 g/mol. The Bertz CT molecular complexity index is 1730. The van der Waals surface area contributed by atoms with Crippen molar-refractivity contribution in [1.82, 2.24) is 0 Å². The molecule has 0 atom stereocenters. The summed E-state index contributed by atoms with van der Waals surface area (Å²) in [6.45, 7) is 9.95. The van der Waals surface area contributed by atoms with E-state index in [0.29, 0.717) is 44.5 Å². The van der Waals surface area contributed by atoms with Crippen LogP contribution in [0.1, 0.15) is 94.5 Å². The molecule has 0 radical (unpaired) electrons. The van der Waals surface area contributed by atoms with Gasteiger partial charge in [-0.3, -0.25) is 0 Å². The van der Waals surface area contributed by atoms with Crippen LogP contribution in [0, 0.1) is 0 Å². The van der Waals surface area contributed by atoms with Crippen molar-refractivity contribution >= 4 is 23.9 Å². The summed E-state index contributed by atoms with van der Waals surface area (Å²) in [4.78, 5) is 51.6. The predicted octanol–water partition coefficient (Wildman–Crippen LogP) is 9.28. The lowest BCUT2D eigenvalue weighted by Gasteiger charge is -2.10. The van der Waals surface area contributed by atoms with Crippen molar-refractivity contribution in [2.45, 2.75) is 53.9 Å². The molecule has 0 unspecified atom stereocenters. The van der Waals surface area contributed by atoms with Crippen LogP contribution in [0.4, 0.5) is 0 Å². The van der Waals surface area contributed by atoms with E-state index in [0.717, 1.165) is 47.1 Å². The Hall–Kier alpha value is -5.50. The van der Waals surface area contributed by atoms with E-state index in [-0.39, 0.29) is 26.4 Å². The van der Waals surface area contributed by atoms with Gasteiger partial charge in [0.1, 0.15) is 0 Å². The van der Waals surface area contributed by atoms with Gasteiger partial charge in [-0.1, -0.05) is 74.0 Å². The van der Waals surface area contributed by atoms with Gasteiger partial charge in [-0.2, -0.15) is 0 Å². The maximum absolute atomic E-state index is 12.9. The number of fused-ring (bicyclic) bond motifs is 2. The fraction of sp³-hybridized carbons (Fsp3) is 0.286. The molecular weight excluding hydrogens is 632 g/mol. The van der Waals surface area contributed by atoms with Gasteiger partial charge in [-0.05, 0) is 109 Å². The number of carbonyl (C=O) groups excluding carboxylic acids is 4. The quantitative estimate of drug-likeness (QED) is 0.0899. The van der Waals surface area contributed by atoms with E-state index in [9.17, 15) is 19.2 Å². The zero-order chi connectivity index (χ0) is 35.8. The van der Waals surface area contributed by atoms with Crippen LogP contribution in [-0.2, 0) is 25.4 Å². The van der Waals surface area contributed by atoms with Crippen molar-refractivity contribution in [3.05, 3.63) is 107 Å². The molecule has 0 fully saturated rings. The Morgan fingerprint density at radius 2 is 0.740 bits per heavy atom. The van der Waals surface area contributed by atoms with Crippen LogP contribution in [-0.4, -0.2) is 50.3 Å². The molecule has 1 aromatic rings. The molecule has 0 aromatic heterocycles. The molecule has 4 aliphatic carbocycles. The van der Waals surface area contributed by atoms with Gasteiger partial charge in [0.15, 0.2) is 0 Å². The SMILES string of the molecule is CCCCc1cc(-c2ccc3c(C(=O)OCC)cc(C(=O)OCC)c-3cc2)cc(-c2ccc3c(C(=O)OCC)cc(C(=O)OCC)c-3cc2)c1. The van der Waals surface area contributed by atoms with E-state index < -0.39 is 23.9 Å². The lowest BCUT2D eigenvalue weighted by atomic mass is 9.95. The Morgan fingerprint density at radius 3 is 1.02 bits per heavy atom. The number of esters is 4. The first-order valence-corrected chi connectivity index (χ1v) is 17.2. The highest BCUT2D eigenvalue weighted by molar-refractivity contribution is 6.09. The molecule has 8 nitrogen and oxygen atoms in total. The van der Waals surface area contributed by atoms with Gasteiger partial charge in [0.05, 0.1) is 48.7 Å². The molecule has 0 bridgehead atoms. The molecule has 0 spiro atoms. The van der Waals surface area contributed by atoms with Crippen molar-refractivity contribution in [2.75, 3.05) is 26.4 Å². The highest BCUT2D eigenvalue weighted by Gasteiger charge is 2.27. The minimum atomic E-state index is -0.502. The first-order chi connectivity index (χ1) is 24.2. The first kappa shape index (κ1) is 35.8. The van der Waals surface area contributed by atoms with Crippen LogP contribution >= 0.6 is 0 Å². The summed E-state index contributed by atoms with van der Waals surface area (Å²) in [5, 5.41) is 0. The second kappa shape index (κ2) is 16.3. The summed E-state index contributed by atoms with van der Waals surface area (Å²) in [7, 11) is 0. The van der Waals surface area contributed by atoms with Crippen LogP contribution in [0.25, 0.3) is 44.5 Å². The normalized spacial score (nSPS) is 11.0. The van der Waals surface area contributed by atoms with Gasteiger partial charge in [0.25, 0.3) is 0 Å². The monoisotopic (exact) mass is 674 g/mol. The number of unbranched alkanes of at least 4 members (excludes halogenated alkanes) is 1. The largest absolute Gasteiger partial charge is 0.462 e. The third-order valence-electron chi connectivity index (χ3n) is 8.50. The van der Waals surface area contributed by atoms with E-state index >= 15 is 0 Å². The van der Waals surface area contributed by atoms with E-state index in [1.807, 2.05) is 48.5 Å². The molecule has 4 aliphatic rings. The molecule has 0 amide bonds. The van der Waals surface area contributed by atoms with Gasteiger partial charge in [-0.15, -0.1) is 0 Å². The summed E-state index contributed by atoms with van der Waals surface area (Å²) < 4.78 is 21.2. The minimum absolute atomic E-state index is 0.209. The third kappa shape index (κ3) is 7.54. The van der Waals surface area contributed by atoms with Gasteiger partial charge >= 0.3 is 23.9 Å². The van der Waals surface area contributed by atoms with Crippen molar-refractivity contribution in [1.29, 1.82) is 0 Å². The zero-order valence-electron chi connectivity index (χ0n) is 29.2. The maximum atomic E-state index is 12.9.